The van der Waals surface area contributed by atoms with Crippen molar-refractivity contribution in [3.05, 3.63) is 20.8 Å². The lowest BCUT2D eigenvalue weighted by molar-refractivity contribution is -0.0671. The summed E-state index contributed by atoms with van der Waals surface area (Å²) in [6, 6.07) is 2.37. The molecule has 3 atom stereocenters. The fourth-order valence-corrected chi connectivity index (χ4v) is 4.05. The minimum absolute atomic E-state index is 0.0491. The van der Waals surface area contributed by atoms with E-state index in [2.05, 4.69) is 32.3 Å². The maximum Gasteiger partial charge on any atom is 0.0933 e. The summed E-state index contributed by atoms with van der Waals surface area (Å²) in [7, 11) is 0. The quantitative estimate of drug-likeness (QED) is 0.877. The van der Waals surface area contributed by atoms with Crippen molar-refractivity contribution in [3.63, 3.8) is 0 Å². The molecule has 0 radical (unpaired) electrons. The Labute approximate surface area is 120 Å². The Morgan fingerprint density at radius 2 is 2.50 bits per heavy atom. The first-order chi connectivity index (χ1) is 8.61. The maximum absolute atomic E-state index is 9.22. The van der Waals surface area contributed by atoms with Crippen molar-refractivity contribution in [3.8, 4) is 0 Å². The van der Waals surface area contributed by atoms with Gasteiger partial charge in [0.2, 0.25) is 0 Å². The third-order valence-electron chi connectivity index (χ3n) is 3.14. The number of nitrogens with two attached hydrogens (primary N) is 1. The molecule has 3 unspecified atom stereocenters. The van der Waals surface area contributed by atoms with Gasteiger partial charge in [-0.15, -0.1) is 11.3 Å². The molecule has 1 saturated heterocycles. The average molecular weight is 335 g/mol. The molecule has 1 aromatic heterocycles. The molecule has 3 N–H and O–H groups in total. The molecule has 102 valence electrons. The lowest BCUT2D eigenvalue weighted by atomic mass is 10.1. The summed E-state index contributed by atoms with van der Waals surface area (Å²) >= 11 is 5.20. The highest BCUT2D eigenvalue weighted by Gasteiger charge is 2.30. The van der Waals surface area contributed by atoms with E-state index in [1.807, 2.05) is 6.92 Å². The van der Waals surface area contributed by atoms with Gasteiger partial charge in [0.25, 0.3) is 0 Å². The van der Waals surface area contributed by atoms with Crippen LogP contribution in [0.15, 0.2) is 15.9 Å². The molecule has 4 nitrogen and oxygen atoms in total. The van der Waals surface area contributed by atoms with Gasteiger partial charge < -0.3 is 15.6 Å². The van der Waals surface area contributed by atoms with Crippen LogP contribution in [0.4, 0.5) is 0 Å². The van der Waals surface area contributed by atoms with Gasteiger partial charge in [0.15, 0.2) is 0 Å². The van der Waals surface area contributed by atoms with E-state index in [0.717, 1.165) is 17.6 Å². The Balaban J connectivity index is 2.14. The Morgan fingerprint density at radius 1 is 1.72 bits per heavy atom. The molecule has 0 bridgehead atoms. The first-order valence-corrected chi connectivity index (χ1v) is 7.75. The lowest BCUT2D eigenvalue weighted by Gasteiger charge is -2.39. The molecule has 0 aromatic carbocycles. The number of aliphatic hydroxyl groups excluding tert-OH is 1. The van der Waals surface area contributed by atoms with E-state index in [-0.39, 0.29) is 24.8 Å². The van der Waals surface area contributed by atoms with Crippen molar-refractivity contribution in [2.24, 2.45) is 5.73 Å². The highest BCUT2D eigenvalue weighted by atomic mass is 79.9. The molecule has 1 aliphatic heterocycles. The predicted octanol–water partition coefficient (Wildman–Crippen LogP) is 1.59. The van der Waals surface area contributed by atoms with Crippen LogP contribution in [-0.4, -0.2) is 48.5 Å². The second-order valence-corrected chi connectivity index (χ2v) is 6.50. The summed E-state index contributed by atoms with van der Waals surface area (Å²) in [5.41, 5.74) is 6.14. The Hall–Kier alpha value is 0.0200. The van der Waals surface area contributed by atoms with E-state index in [1.54, 1.807) is 11.3 Å². The fraction of sp³-hybridized carbons (Fsp3) is 0.667. The number of nitrogens with zero attached hydrogens (tertiary/aromatic N) is 1. The highest BCUT2D eigenvalue weighted by Crippen LogP contribution is 2.32. The van der Waals surface area contributed by atoms with E-state index in [1.165, 1.54) is 4.88 Å². The Kier molecular flexibility index (Phi) is 5.17. The third kappa shape index (κ3) is 3.31. The first-order valence-electron chi connectivity index (χ1n) is 6.08. The molecule has 1 aliphatic rings. The van der Waals surface area contributed by atoms with E-state index in [9.17, 15) is 5.11 Å². The van der Waals surface area contributed by atoms with E-state index in [0.29, 0.717) is 6.61 Å². The van der Waals surface area contributed by atoms with Gasteiger partial charge in [-0.1, -0.05) is 0 Å². The van der Waals surface area contributed by atoms with Gasteiger partial charge in [0, 0.05) is 33.9 Å². The monoisotopic (exact) mass is 334 g/mol. The van der Waals surface area contributed by atoms with Crippen LogP contribution in [0.25, 0.3) is 0 Å². The molecule has 0 amide bonds. The molecule has 2 rings (SSSR count). The van der Waals surface area contributed by atoms with Crippen molar-refractivity contribution in [1.82, 2.24) is 4.90 Å². The van der Waals surface area contributed by atoms with Crippen molar-refractivity contribution in [2.75, 3.05) is 26.3 Å². The predicted molar refractivity (Wildman–Crippen MR) is 76.8 cm³/mol. The van der Waals surface area contributed by atoms with Gasteiger partial charge in [-0.25, -0.2) is 0 Å². The molecule has 1 fully saturated rings. The summed E-state index contributed by atoms with van der Waals surface area (Å²) in [5.74, 6) is 0. The molecule has 0 saturated carbocycles. The van der Waals surface area contributed by atoms with Crippen molar-refractivity contribution in [2.45, 2.75) is 25.1 Å². The van der Waals surface area contributed by atoms with Crippen LogP contribution in [0.1, 0.15) is 17.8 Å². The molecular formula is C12H19BrN2O2S. The van der Waals surface area contributed by atoms with Crippen LogP contribution in [0.2, 0.25) is 0 Å². The number of morpholine rings is 1. The second kappa shape index (κ2) is 6.45. The van der Waals surface area contributed by atoms with Gasteiger partial charge >= 0.3 is 0 Å². The second-order valence-electron chi connectivity index (χ2n) is 4.64. The number of halogens is 1. The van der Waals surface area contributed by atoms with Gasteiger partial charge in [-0.3, -0.25) is 4.90 Å². The SMILES string of the molecule is CC(N)C(c1cc(Br)cs1)N1CCOC(CO)C1. The van der Waals surface area contributed by atoms with E-state index < -0.39 is 0 Å². The number of rotatable bonds is 4. The topological polar surface area (TPSA) is 58.7 Å². The zero-order chi connectivity index (χ0) is 13.1. The molecule has 0 spiro atoms. The van der Waals surface area contributed by atoms with Gasteiger partial charge in [-0.2, -0.15) is 0 Å². The third-order valence-corrected chi connectivity index (χ3v) is 4.91. The molecule has 1 aromatic rings. The van der Waals surface area contributed by atoms with Crippen LogP contribution in [0.3, 0.4) is 0 Å². The number of hydrogen-bond donors (Lipinski definition) is 2. The number of ether oxygens (including phenoxy) is 1. The number of aliphatic hydroxyl groups is 1. The largest absolute Gasteiger partial charge is 0.394 e. The molecular weight excluding hydrogens is 316 g/mol. The summed E-state index contributed by atoms with van der Waals surface area (Å²) in [4.78, 5) is 3.57. The standard InChI is InChI=1S/C12H19BrN2O2S/c1-8(14)12(11-4-9(13)7-18-11)15-2-3-17-10(5-15)6-16/h4,7-8,10,12,16H,2-3,5-6,14H2,1H3. The van der Waals surface area contributed by atoms with Crippen LogP contribution in [-0.2, 0) is 4.74 Å². The normalized spacial score (nSPS) is 25.0. The minimum atomic E-state index is -0.0941. The highest BCUT2D eigenvalue weighted by molar-refractivity contribution is 9.10. The number of thiophene rings is 1. The Bertz CT molecular complexity index is 386. The molecule has 0 aliphatic carbocycles. The molecule has 6 heteroatoms. The molecule has 2 heterocycles. The van der Waals surface area contributed by atoms with Crippen molar-refractivity contribution in [1.29, 1.82) is 0 Å². The van der Waals surface area contributed by atoms with Crippen LogP contribution >= 0.6 is 27.3 Å². The number of hydrogen-bond acceptors (Lipinski definition) is 5. The fourth-order valence-electron chi connectivity index (χ4n) is 2.36. The summed E-state index contributed by atoms with van der Waals surface area (Å²) in [6.45, 7) is 4.34. The van der Waals surface area contributed by atoms with Crippen LogP contribution in [0.5, 0.6) is 0 Å². The average Bonchev–Trinajstić information content (AvgIpc) is 2.75. The van der Waals surface area contributed by atoms with E-state index in [4.69, 9.17) is 10.5 Å². The van der Waals surface area contributed by atoms with Crippen molar-refractivity contribution < 1.29 is 9.84 Å². The lowest BCUT2D eigenvalue weighted by Crippen LogP contribution is -2.49. The minimum Gasteiger partial charge on any atom is -0.394 e. The van der Waals surface area contributed by atoms with Gasteiger partial charge in [0.05, 0.1) is 25.4 Å². The maximum atomic E-state index is 9.22. The zero-order valence-corrected chi connectivity index (χ0v) is 12.8. The first kappa shape index (κ1) is 14.4. The van der Waals surface area contributed by atoms with Gasteiger partial charge in [-0.05, 0) is 28.9 Å². The van der Waals surface area contributed by atoms with Crippen LogP contribution < -0.4 is 5.73 Å². The zero-order valence-electron chi connectivity index (χ0n) is 10.4. The summed E-state index contributed by atoms with van der Waals surface area (Å²) in [5, 5.41) is 11.3. The molecule has 18 heavy (non-hydrogen) atoms. The van der Waals surface area contributed by atoms with Gasteiger partial charge in [0.1, 0.15) is 0 Å². The summed E-state index contributed by atoms with van der Waals surface area (Å²) < 4.78 is 6.59. The van der Waals surface area contributed by atoms with Crippen LogP contribution in [0, 0.1) is 0 Å². The Morgan fingerprint density at radius 3 is 3.06 bits per heavy atom. The van der Waals surface area contributed by atoms with Crippen molar-refractivity contribution >= 4 is 27.3 Å². The summed E-state index contributed by atoms with van der Waals surface area (Å²) in [6.07, 6.45) is -0.0941. The van der Waals surface area contributed by atoms with E-state index >= 15 is 0 Å². The smallest absolute Gasteiger partial charge is 0.0933 e.